The van der Waals surface area contributed by atoms with Gasteiger partial charge in [-0.3, -0.25) is 4.79 Å². The highest BCUT2D eigenvalue weighted by Gasteiger charge is 2.06. The van der Waals surface area contributed by atoms with E-state index in [1.807, 2.05) is 30.3 Å². The molecule has 25 heavy (non-hydrogen) atoms. The average Bonchev–Trinajstić information content (AvgIpc) is 2.60. The summed E-state index contributed by atoms with van der Waals surface area (Å²) in [6.07, 6.45) is 2.63. The smallest absolute Gasteiger partial charge is 0.277 e. The van der Waals surface area contributed by atoms with Gasteiger partial charge in [-0.1, -0.05) is 51.1 Å². The van der Waals surface area contributed by atoms with E-state index in [0.29, 0.717) is 11.7 Å². The zero-order chi connectivity index (χ0) is 18.2. The highest BCUT2D eigenvalue weighted by atomic mass is 16.5. The minimum Gasteiger partial charge on any atom is -0.484 e. The Morgan fingerprint density at radius 2 is 1.92 bits per heavy atom. The van der Waals surface area contributed by atoms with E-state index in [9.17, 15) is 4.79 Å². The molecule has 4 heteroatoms. The third-order valence-corrected chi connectivity index (χ3v) is 4.02. The molecule has 0 radical (unpaired) electrons. The molecule has 0 aromatic heterocycles. The largest absolute Gasteiger partial charge is 0.484 e. The molecule has 2 aromatic carbocycles. The number of benzene rings is 2. The third-order valence-electron chi connectivity index (χ3n) is 4.02. The minimum atomic E-state index is -0.285. The second kappa shape index (κ2) is 9.02. The number of carbonyl (C=O) groups excluding carboxylic acids is 1. The Kier molecular flexibility index (Phi) is 6.75. The molecule has 0 aliphatic heterocycles. The van der Waals surface area contributed by atoms with E-state index < -0.39 is 0 Å². The lowest BCUT2D eigenvalue weighted by atomic mass is 9.98. The van der Waals surface area contributed by atoms with Gasteiger partial charge >= 0.3 is 0 Å². The standard InChI is InChI=1S/C21H26N2O2/c1-5-17-6-8-18(9-7-17)13-22-23-21(24)14-25-19-10-11-20(15(2)3)16(4)12-19/h6-13,15H,5,14H2,1-4H3,(H,23,24)/b22-13+. The van der Waals surface area contributed by atoms with Gasteiger partial charge in [0.2, 0.25) is 0 Å². The number of hydrogen-bond donors (Lipinski definition) is 1. The molecule has 0 saturated carbocycles. The molecule has 2 rings (SSSR count). The number of hydrogen-bond acceptors (Lipinski definition) is 3. The molecule has 0 spiro atoms. The van der Waals surface area contributed by atoms with Crippen LogP contribution in [0.25, 0.3) is 0 Å². The Labute approximate surface area is 149 Å². The molecule has 0 aliphatic rings. The number of nitrogens with zero attached hydrogens (tertiary/aromatic N) is 1. The Hall–Kier alpha value is -2.62. The van der Waals surface area contributed by atoms with Crippen molar-refractivity contribution in [1.82, 2.24) is 5.43 Å². The predicted octanol–water partition coefficient (Wildman–Crippen LogP) is 4.21. The van der Waals surface area contributed by atoms with Crippen LogP contribution in [0, 0.1) is 6.92 Å². The summed E-state index contributed by atoms with van der Waals surface area (Å²) in [4.78, 5) is 11.8. The van der Waals surface area contributed by atoms with E-state index in [2.05, 4.69) is 50.4 Å². The predicted molar refractivity (Wildman–Crippen MR) is 102 cm³/mol. The van der Waals surface area contributed by atoms with Crippen molar-refractivity contribution in [3.05, 3.63) is 64.7 Å². The second-order valence-electron chi connectivity index (χ2n) is 6.35. The molecular weight excluding hydrogens is 312 g/mol. The van der Waals surface area contributed by atoms with Crippen LogP contribution in [0.15, 0.2) is 47.6 Å². The summed E-state index contributed by atoms with van der Waals surface area (Å²) < 4.78 is 5.53. The van der Waals surface area contributed by atoms with Gasteiger partial charge in [-0.25, -0.2) is 5.43 Å². The van der Waals surface area contributed by atoms with E-state index in [1.165, 1.54) is 16.7 Å². The summed E-state index contributed by atoms with van der Waals surface area (Å²) in [6.45, 7) is 8.42. The Morgan fingerprint density at radius 1 is 1.20 bits per heavy atom. The van der Waals surface area contributed by atoms with Gasteiger partial charge in [0, 0.05) is 0 Å². The number of carbonyl (C=O) groups is 1. The van der Waals surface area contributed by atoms with Crippen molar-refractivity contribution in [3.8, 4) is 5.75 Å². The number of aryl methyl sites for hydroxylation is 2. The van der Waals surface area contributed by atoms with Gasteiger partial charge in [-0.15, -0.1) is 0 Å². The first kappa shape index (κ1) is 18.7. The van der Waals surface area contributed by atoms with E-state index in [-0.39, 0.29) is 12.5 Å². The van der Waals surface area contributed by atoms with Gasteiger partial charge in [0.1, 0.15) is 5.75 Å². The maximum absolute atomic E-state index is 11.8. The zero-order valence-corrected chi connectivity index (χ0v) is 15.4. The average molecular weight is 338 g/mol. The molecule has 1 amide bonds. The van der Waals surface area contributed by atoms with Crippen LogP contribution in [-0.4, -0.2) is 18.7 Å². The molecule has 1 N–H and O–H groups in total. The van der Waals surface area contributed by atoms with Gasteiger partial charge in [0.15, 0.2) is 6.61 Å². The van der Waals surface area contributed by atoms with Crippen molar-refractivity contribution in [2.75, 3.05) is 6.61 Å². The molecule has 0 saturated heterocycles. The van der Waals surface area contributed by atoms with Crippen LogP contribution in [0.2, 0.25) is 0 Å². The molecule has 0 atom stereocenters. The summed E-state index contributed by atoms with van der Waals surface area (Å²) >= 11 is 0. The van der Waals surface area contributed by atoms with Crippen molar-refractivity contribution in [2.45, 2.75) is 40.0 Å². The van der Waals surface area contributed by atoms with E-state index in [4.69, 9.17) is 4.74 Å². The number of rotatable bonds is 7. The number of nitrogens with one attached hydrogen (secondary N) is 1. The van der Waals surface area contributed by atoms with Crippen molar-refractivity contribution < 1.29 is 9.53 Å². The van der Waals surface area contributed by atoms with Gasteiger partial charge in [0.25, 0.3) is 5.91 Å². The second-order valence-corrected chi connectivity index (χ2v) is 6.35. The lowest BCUT2D eigenvalue weighted by Gasteiger charge is -2.12. The van der Waals surface area contributed by atoms with Crippen molar-refractivity contribution in [2.24, 2.45) is 5.10 Å². The van der Waals surface area contributed by atoms with Gasteiger partial charge < -0.3 is 4.74 Å². The maximum Gasteiger partial charge on any atom is 0.277 e. The van der Waals surface area contributed by atoms with Crippen LogP contribution in [-0.2, 0) is 11.2 Å². The lowest BCUT2D eigenvalue weighted by Crippen LogP contribution is -2.24. The Balaban J connectivity index is 1.82. The molecule has 0 fully saturated rings. The van der Waals surface area contributed by atoms with Gasteiger partial charge in [0.05, 0.1) is 6.21 Å². The highest BCUT2D eigenvalue weighted by Crippen LogP contribution is 2.23. The summed E-state index contributed by atoms with van der Waals surface area (Å²) in [6, 6.07) is 14.0. The minimum absolute atomic E-state index is 0.0629. The fourth-order valence-corrected chi connectivity index (χ4v) is 2.59. The highest BCUT2D eigenvalue weighted by molar-refractivity contribution is 5.82. The van der Waals surface area contributed by atoms with Crippen LogP contribution in [0.1, 0.15) is 48.9 Å². The topological polar surface area (TPSA) is 50.7 Å². The SMILES string of the molecule is CCc1ccc(/C=N/NC(=O)COc2ccc(C(C)C)c(C)c2)cc1. The van der Waals surface area contributed by atoms with Crippen LogP contribution in [0.3, 0.4) is 0 Å². The summed E-state index contributed by atoms with van der Waals surface area (Å²) in [7, 11) is 0. The van der Waals surface area contributed by atoms with Crippen molar-refractivity contribution in [1.29, 1.82) is 0 Å². The summed E-state index contributed by atoms with van der Waals surface area (Å²) in [5.41, 5.74) is 7.15. The summed E-state index contributed by atoms with van der Waals surface area (Å²) in [5.74, 6) is 0.876. The lowest BCUT2D eigenvalue weighted by molar-refractivity contribution is -0.123. The fourth-order valence-electron chi connectivity index (χ4n) is 2.59. The fraction of sp³-hybridized carbons (Fsp3) is 0.333. The third kappa shape index (κ3) is 5.75. The van der Waals surface area contributed by atoms with E-state index in [1.54, 1.807) is 6.21 Å². The number of amides is 1. The molecule has 132 valence electrons. The first-order valence-corrected chi connectivity index (χ1v) is 8.63. The van der Waals surface area contributed by atoms with Crippen molar-refractivity contribution in [3.63, 3.8) is 0 Å². The van der Waals surface area contributed by atoms with E-state index in [0.717, 1.165) is 12.0 Å². The quantitative estimate of drug-likeness (QED) is 0.607. The first-order chi connectivity index (χ1) is 12.0. The van der Waals surface area contributed by atoms with Crippen LogP contribution < -0.4 is 10.2 Å². The normalized spacial score (nSPS) is 11.1. The first-order valence-electron chi connectivity index (χ1n) is 8.63. The monoisotopic (exact) mass is 338 g/mol. The van der Waals surface area contributed by atoms with Crippen LogP contribution in [0.4, 0.5) is 0 Å². The molecular formula is C21H26N2O2. The van der Waals surface area contributed by atoms with Crippen molar-refractivity contribution >= 4 is 12.1 Å². The molecule has 4 nitrogen and oxygen atoms in total. The number of ether oxygens (including phenoxy) is 1. The maximum atomic E-state index is 11.8. The summed E-state index contributed by atoms with van der Waals surface area (Å²) in [5, 5.41) is 3.96. The Morgan fingerprint density at radius 3 is 2.52 bits per heavy atom. The zero-order valence-electron chi connectivity index (χ0n) is 15.4. The van der Waals surface area contributed by atoms with E-state index >= 15 is 0 Å². The molecule has 0 unspecified atom stereocenters. The molecule has 0 aliphatic carbocycles. The Bertz CT molecular complexity index is 734. The molecule has 2 aromatic rings. The van der Waals surface area contributed by atoms with Gasteiger partial charge in [-0.2, -0.15) is 5.10 Å². The molecule has 0 bridgehead atoms. The van der Waals surface area contributed by atoms with Crippen LogP contribution in [0.5, 0.6) is 5.75 Å². The van der Waals surface area contributed by atoms with Gasteiger partial charge in [-0.05, 0) is 53.6 Å². The van der Waals surface area contributed by atoms with Crippen LogP contribution >= 0.6 is 0 Å². The molecule has 0 heterocycles. The number of hydrazone groups is 1.